The lowest BCUT2D eigenvalue weighted by Crippen LogP contribution is -2.44. The van der Waals surface area contributed by atoms with Crippen LogP contribution in [0.2, 0.25) is 0 Å². The molecule has 1 atom stereocenters. The van der Waals surface area contributed by atoms with Gasteiger partial charge in [-0.1, -0.05) is 37.3 Å². The number of halogens is 1. The van der Waals surface area contributed by atoms with E-state index in [4.69, 9.17) is 0 Å². The van der Waals surface area contributed by atoms with Gasteiger partial charge < -0.3 is 15.1 Å². The molecule has 0 spiro atoms. The van der Waals surface area contributed by atoms with E-state index in [9.17, 15) is 0 Å². The van der Waals surface area contributed by atoms with Crippen LogP contribution in [0.5, 0.6) is 0 Å². The van der Waals surface area contributed by atoms with Gasteiger partial charge in [0.25, 0.3) is 0 Å². The summed E-state index contributed by atoms with van der Waals surface area (Å²) >= 11 is 0. The Labute approximate surface area is 170 Å². The van der Waals surface area contributed by atoms with Crippen molar-refractivity contribution in [3.05, 3.63) is 35.9 Å². The van der Waals surface area contributed by atoms with Crippen LogP contribution in [-0.2, 0) is 0 Å². The van der Waals surface area contributed by atoms with Gasteiger partial charge >= 0.3 is 0 Å². The Bertz CT molecular complexity index is 526. The summed E-state index contributed by atoms with van der Waals surface area (Å²) in [6.07, 6.45) is 3.91. The number of nitrogens with zero attached hydrogens (tertiary/aromatic N) is 3. The van der Waals surface area contributed by atoms with E-state index in [0.717, 1.165) is 38.1 Å². The van der Waals surface area contributed by atoms with Crippen molar-refractivity contribution in [3.63, 3.8) is 0 Å². The molecule has 0 aromatic heterocycles. The number of likely N-dealkylation sites (tertiary alicyclic amines) is 2. The molecule has 2 aliphatic rings. The highest BCUT2D eigenvalue weighted by molar-refractivity contribution is 14.0. The Morgan fingerprint density at radius 1 is 1.12 bits per heavy atom. The summed E-state index contributed by atoms with van der Waals surface area (Å²) in [6, 6.07) is 10.9. The molecule has 25 heavy (non-hydrogen) atoms. The Balaban J connectivity index is 0.00000225. The molecule has 2 fully saturated rings. The molecule has 5 heteroatoms. The third-order valence-electron chi connectivity index (χ3n) is 5.56. The minimum Gasteiger partial charge on any atom is -0.355 e. The number of benzene rings is 1. The van der Waals surface area contributed by atoms with Gasteiger partial charge in [0.2, 0.25) is 0 Å². The van der Waals surface area contributed by atoms with Crippen molar-refractivity contribution in [3.8, 4) is 0 Å². The van der Waals surface area contributed by atoms with Crippen molar-refractivity contribution in [2.75, 3.05) is 46.3 Å². The summed E-state index contributed by atoms with van der Waals surface area (Å²) in [5.74, 6) is 2.61. The van der Waals surface area contributed by atoms with Crippen LogP contribution in [0, 0.1) is 5.92 Å². The molecule has 1 aromatic carbocycles. The number of piperidine rings is 1. The molecule has 2 heterocycles. The van der Waals surface area contributed by atoms with Crippen molar-refractivity contribution in [2.45, 2.75) is 32.1 Å². The zero-order valence-electron chi connectivity index (χ0n) is 15.7. The minimum atomic E-state index is 0. The second-order valence-corrected chi connectivity index (χ2v) is 7.34. The monoisotopic (exact) mass is 456 g/mol. The summed E-state index contributed by atoms with van der Waals surface area (Å²) in [5.41, 5.74) is 1.46. The maximum atomic E-state index is 4.51. The molecule has 1 unspecified atom stereocenters. The van der Waals surface area contributed by atoms with Crippen molar-refractivity contribution >= 4 is 29.9 Å². The number of hydrogen-bond donors (Lipinski definition) is 1. The van der Waals surface area contributed by atoms with Gasteiger partial charge in [-0.2, -0.15) is 0 Å². The normalized spacial score (nSPS) is 22.7. The largest absolute Gasteiger partial charge is 0.355 e. The topological polar surface area (TPSA) is 30.9 Å². The number of aliphatic imine (C=N–C) groups is 1. The maximum Gasteiger partial charge on any atom is 0.193 e. The third kappa shape index (κ3) is 5.84. The highest BCUT2D eigenvalue weighted by atomic mass is 127. The summed E-state index contributed by atoms with van der Waals surface area (Å²) in [7, 11) is 1.90. The molecule has 4 nitrogen and oxygen atoms in total. The van der Waals surface area contributed by atoms with Crippen molar-refractivity contribution in [1.29, 1.82) is 0 Å². The van der Waals surface area contributed by atoms with Gasteiger partial charge in [-0.3, -0.25) is 4.99 Å². The van der Waals surface area contributed by atoms with E-state index < -0.39 is 0 Å². The quantitative estimate of drug-likeness (QED) is 0.428. The maximum absolute atomic E-state index is 4.51. The van der Waals surface area contributed by atoms with Crippen LogP contribution >= 0.6 is 24.0 Å². The summed E-state index contributed by atoms with van der Waals surface area (Å²) in [4.78, 5) is 9.50. The number of hydrogen-bond acceptors (Lipinski definition) is 2. The molecule has 1 N–H and O–H groups in total. The van der Waals surface area contributed by atoms with Crippen LogP contribution in [0.25, 0.3) is 0 Å². The van der Waals surface area contributed by atoms with Crippen LogP contribution in [0.3, 0.4) is 0 Å². The van der Waals surface area contributed by atoms with Crippen LogP contribution < -0.4 is 5.32 Å². The van der Waals surface area contributed by atoms with Gasteiger partial charge in [0.1, 0.15) is 0 Å². The number of rotatable bonds is 4. The fourth-order valence-electron chi connectivity index (χ4n) is 3.89. The van der Waals surface area contributed by atoms with Gasteiger partial charge in [-0.25, -0.2) is 0 Å². The molecule has 0 aliphatic carbocycles. The molecular formula is C20H33IN4. The molecule has 2 saturated heterocycles. The average molecular weight is 456 g/mol. The van der Waals surface area contributed by atoms with Gasteiger partial charge in [0.05, 0.1) is 0 Å². The zero-order chi connectivity index (χ0) is 16.8. The van der Waals surface area contributed by atoms with Crippen LogP contribution in [0.1, 0.15) is 37.7 Å². The highest BCUT2D eigenvalue weighted by Gasteiger charge is 2.25. The number of nitrogens with one attached hydrogen (secondary N) is 1. The molecule has 1 aromatic rings. The molecule has 140 valence electrons. The Morgan fingerprint density at radius 2 is 1.84 bits per heavy atom. The fourth-order valence-corrected chi connectivity index (χ4v) is 3.89. The molecule has 0 saturated carbocycles. The van der Waals surface area contributed by atoms with Crippen LogP contribution in [0.4, 0.5) is 0 Å². The first-order chi connectivity index (χ1) is 11.8. The van der Waals surface area contributed by atoms with E-state index in [1.54, 1.807) is 0 Å². The average Bonchev–Trinajstić information content (AvgIpc) is 3.11. The summed E-state index contributed by atoms with van der Waals surface area (Å²) in [5, 5.41) is 3.58. The van der Waals surface area contributed by atoms with E-state index in [0.29, 0.717) is 5.92 Å². The molecule has 3 rings (SSSR count). The Hall–Kier alpha value is -0.820. The third-order valence-corrected chi connectivity index (χ3v) is 5.56. The molecule has 2 aliphatic heterocycles. The zero-order valence-corrected chi connectivity index (χ0v) is 18.0. The van der Waals surface area contributed by atoms with Crippen LogP contribution in [-0.4, -0.2) is 62.1 Å². The van der Waals surface area contributed by atoms with Crippen molar-refractivity contribution < 1.29 is 0 Å². The van der Waals surface area contributed by atoms with E-state index in [1.165, 1.54) is 37.9 Å². The van der Waals surface area contributed by atoms with Gasteiger partial charge in [0.15, 0.2) is 5.96 Å². The van der Waals surface area contributed by atoms with E-state index >= 15 is 0 Å². The number of guanidine groups is 1. The smallest absolute Gasteiger partial charge is 0.193 e. The van der Waals surface area contributed by atoms with Gasteiger partial charge in [0, 0.05) is 39.1 Å². The van der Waals surface area contributed by atoms with Crippen LogP contribution in [0.15, 0.2) is 35.3 Å². The molecule has 0 radical (unpaired) electrons. The highest BCUT2D eigenvalue weighted by Crippen LogP contribution is 2.26. The second kappa shape index (κ2) is 10.4. The molecular weight excluding hydrogens is 423 g/mol. The predicted octanol–water partition coefficient (Wildman–Crippen LogP) is 3.40. The first kappa shape index (κ1) is 20.5. The second-order valence-electron chi connectivity index (χ2n) is 7.34. The lowest BCUT2D eigenvalue weighted by atomic mass is 9.99. The summed E-state index contributed by atoms with van der Waals surface area (Å²) < 4.78 is 0. The minimum absolute atomic E-state index is 0. The first-order valence-corrected chi connectivity index (χ1v) is 9.49. The SMILES string of the molecule is CN=C(NCCN1CCC(C)CC1)N1CCC(c2ccccc2)C1.I. The molecule has 0 amide bonds. The lowest BCUT2D eigenvalue weighted by Gasteiger charge is -2.30. The van der Waals surface area contributed by atoms with E-state index in [2.05, 4.69) is 57.4 Å². The fraction of sp³-hybridized carbons (Fsp3) is 0.650. The van der Waals surface area contributed by atoms with Crippen molar-refractivity contribution in [1.82, 2.24) is 15.1 Å². The van der Waals surface area contributed by atoms with Crippen molar-refractivity contribution in [2.24, 2.45) is 10.9 Å². The van der Waals surface area contributed by atoms with Gasteiger partial charge in [-0.15, -0.1) is 24.0 Å². The van der Waals surface area contributed by atoms with Gasteiger partial charge in [-0.05, 0) is 43.8 Å². The Morgan fingerprint density at radius 3 is 2.52 bits per heavy atom. The standard InChI is InChI=1S/C20H32N4.HI/c1-17-8-12-23(13-9-17)15-11-22-20(21-2)24-14-10-19(16-24)18-6-4-3-5-7-18;/h3-7,17,19H,8-16H2,1-2H3,(H,21,22);1H. The first-order valence-electron chi connectivity index (χ1n) is 9.49. The van der Waals surface area contributed by atoms with E-state index in [-0.39, 0.29) is 24.0 Å². The Kier molecular flexibility index (Phi) is 8.49. The van der Waals surface area contributed by atoms with E-state index in [1.807, 2.05) is 7.05 Å². The summed E-state index contributed by atoms with van der Waals surface area (Å²) in [6.45, 7) is 9.16. The molecule has 0 bridgehead atoms. The predicted molar refractivity (Wildman–Crippen MR) is 117 cm³/mol. The lowest BCUT2D eigenvalue weighted by molar-refractivity contribution is 0.195.